The van der Waals surface area contributed by atoms with E-state index < -0.39 is 39.6 Å². The summed E-state index contributed by atoms with van der Waals surface area (Å²) in [6, 6.07) is 2.98. The highest BCUT2D eigenvalue weighted by Gasteiger charge is 2.72. The molecule has 9 nitrogen and oxygen atoms in total. The zero-order valence-electron chi connectivity index (χ0n) is 23.8. The van der Waals surface area contributed by atoms with Gasteiger partial charge < -0.3 is 19.7 Å². The molecule has 0 bridgehead atoms. The molecule has 222 valence electrons. The number of ether oxygens (including phenoxy) is 1. The molecule has 2 aromatic rings. The molecule has 0 saturated heterocycles. The molecule has 4 N–H and O–H groups in total. The van der Waals surface area contributed by atoms with Crippen LogP contribution in [-0.2, 0) is 9.53 Å². The fourth-order valence-electron chi connectivity index (χ4n) is 9.19. The molecule has 2 heterocycles. The van der Waals surface area contributed by atoms with E-state index in [4.69, 9.17) is 14.6 Å². The summed E-state index contributed by atoms with van der Waals surface area (Å²) in [5.74, 6) is -1.64. The number of halogens is 1. The number of esters is 1. The second-order valence-electron chi connectivity index (χ2n) is 12.9. The lowest BCUT2D eigenvalue weighted by Crippen LogP contribution is -2.76. The number of carbonyl (C=O) groups excluding carboxylic acids is 2. The number of aromatic nitrogens is 2. The minimum absolute atomic E-state index is 0.00569. The monoisotopic (exact) mass is 595 g/mol. The maximum Gasteiger partial charge on any atom is 0.361 e. The predicted octanol–water partition coefficient (Wildman–Crippen LogP) is 4.15. The van der Waals surface area contributed by atoms with Gasteiger partial charge in [0.05, 0.1) is 12.3 Å². The Morgan fingerprint density at radius 1 is 1.31 bits per heavy atom. The topological polar surface area (TPSA) is 143 Å². The summed E-state index contributed by atoms with van der Waals surface area (Å²) in [5.41, 5.74) is 0.922. The lowest BCUT2D eigenvalue weighted by atomic mass is 9.45. The third-order valence-electron chi connectivity index (χ3n) is 10.9. The van der Waals surface area contributed by atoms with Crippen LogP contribution in [0.2, 0.25) is 0 Å². The number of quaternary nitrogens is 1. The quantitative estimate of drug-likeness (QED) is 0.170. The van der Waals surface area contributed by atoms with Gasteiger partial charge in [0.25, 0.3) is 0 Å². The number of hydrogen-bond acceptors (Lipinski definition) is 8. The molecular weight excluding hydrogens is 559 g/mol. The van der Waals surface area contributed by atoms with Crippen molar-refractivity contribution in [2.45, 2.75) is 64.6 Å². The Morgan fingerprint density at radius 2 is 2.10 bits per heavy atom. The first-order valence-corrected chi connectivity index (χ1v) is 14.8. The Hall–Kier alpha value is -3.15. The third-order valence-corrected chi connectivity index (χ3v) is 11.3. The van der Waals surface area contributed by atoms with Crippen molar-refractivity contribution in [3.63, 3.8) is 0 Å². The van der Waals surface area contributed by atoms with Crippen molar-refractivity contribution in [1.82, 2.24) is 9.97 Å². The SMILES string of the molecule is C[C@@H]1CC2[C@@H]3CCC4=CC([NH2+]c5ccc(F)nc5)=C(C=N)C[C@]4(C)C3[C@@H](O)C[C@]2(C)[C@@]1(OC(=O)c1cocn1)C(=O)S. The Morgan fingerprint density at radius 3 is 2.74 bits per heavy atom. The van der Waals surface area contributed by atoms with Crippen molar-refractivity contribution >= 4 is 35.6 Å². The Bertz CT molecular complexity index is 1490. The summed E-state index contributed by atoms with van der Waals surface area (Å²) in [5, 5.41) is 21.6. The molecule has 0 spiro atoms. The first kappa shape index (κ1) is 28.9. The molecule has 0 amide bonds. The van der Waals surface area contributed by atoms with E-state index in [9.17, 15) is 19.1 Å². The minimum atomic E-state index is -1.53. The maximum atomic E-state index is 13.4. The largest absolute Gasteiger partial charge is 0.451 e. The normalized spacial score (nSPS) is 37.3. The van der Waals surface area contributed by atoms with Crippen LogP contribution < -0.4 is 5.32 Å². The number of thiol groups is 1. The molecule has 42 heavy (non-hydrogen) atoms. The van der Waals surface area contributed by atoms with E-state index in [-0.39, 0.29) is 35.8 Å². The van der Waals surface area contributed by atoms with Gasteiger partial charge >= 0.3 is 5.97 Å². The minimum Gasteiger partial charge on any atom is -0.451 e. The summed E-state index contributed by atoms with van der Waals surface area (Å²) in [7, 11) is 0. The van der Waals surface area contributed by atoms with Crippen LogP contribution in [0.5, 0.6) is 0 Å². The smallest absolute Gasteiger partial charge is 0.361 e. The Labute approximate surface area is 248 Å². The molecular formula is C31H36FN4O5S+. The Kier molecular flexibility index (Phi) is 7.06. The van der Waals surface area contributed by atoms with Crippen LogP contribution in [0.15, 0.2) is 58.3 Å². The molecule has 8 atom stereocenters. The molecule has 6 rings (SSSR count). The van der Waals surface area contributed by atoms with Crippen molar-refractivity contribution in [2.24, 2.45) is 34.5 Å². The number of aliphatic hydroxyl groups is 1. The number of aliphatic hydroxyl groups excluding tert-OH is 1. The second-order valence-corrected chi connectivity index (χ2v) is 13.3. The summed E-state index contributed by atoms with van der Waals surface area (Å²) in [6.07, 6.45) is 9.66. The van der Waals surface area contributed by atoms with Gasteiger partial charge in [0.2, 0.25) is 11.1 Å². The molecule has 4 aliphatic carbocycles. The van der Waals surface area contributed by atoms with Crippen molar-refractivity contribution in [1.29, 1.82) is 5.41 Å². The number of nitrogens with two attached hydrogens (primary N) is 1. The predicted molar refractivity (Wildman–Crippen MR) is 153 cm³/mol. The van der Waals surface area contributed by atoms with Crippen LogP contribution in [0.25, 0.3) is 0 Å². The van der Waals surface area contributed by atoms with E-state index in [1.165, 1.54) is 30.3 Å². The molecule has 0 radical (unpaired) electrons. The highest BCUT2D eigenvalue weighted by Crippen LogP contribution is 2.70. The molecule has 3 saturated carbocycles. The fourth-order valence-corrected chi connectivity index (χ4v) is 9.71. The maximum absolute atomic E-state index is 13.4. The zero-order chi connectivity index (χ0) is 30.0. The van der Waals surface area contributed by atoms with E-state index in [1.54, 1.807) is 6.07 Å². The van der Waals surface area contributed by atoms with Gasteiger partial charge in [0, 0.05) is 29.2 Å². The zero-order valence-corrected chi connectivity index (χ0v) is 24.7. The molecule has 2 unspecified atom stereocenters. The van der Waals surface area contributed by atoms with Gasteiger partial charge in [-0.25, -0.2) is 14.8 Å². The highest BCUT2D eigenvalue weighted by atomic mass is 32.1. The average molecular weight is 596 g/mol. The van der Waals surface area contributed by atoms with E-state index >= 15 is 0 Å². The van der Waals surface area contributed by atoms with Gasteiger partial charge in [-0.3, -0.25) is 10.1 Å². The van der Waals surface area contributed by atoms with E-state index in [1.807, 2.05) is 19.2 Å². The molecule has 4 aliphatic rings. The number of pyridine rings is 1. The van der Waals surface area contributed by atoms with Gasteiger partial charge in [-0.2, -0.15) is 4.39 Å². The van der Waals surface area contributed by atoms with Gasteiger partial charge in [-0.1, -0.05) is 26.3 Å². The number of oxazole rings is 1. The van der Waals surface area contributed by atoms with E-state index in [2.05, 4.69) is 35.6 Å². The number of hydrogen-bond donors (Lipinski definition) is 4. The van der Waals surface area contributed by atoms with E-state index in [0.29, 0.717) is 12.8 Å². The van der Waals surface area contributed by atoms with Crippen LogP contribution in [0.4, 0.5) is 10.1 Å². The van der Waals surface area contributed by atoms with Gasteiger partial charge in [0.15, 0.2) is 23.4 Å². The lowest BCUT2D eigenvalue weighted by Gasteiger charge is -2.60. The first-order valence-electron chi connectivity index (χ1n) is 14.4. The number of nitrogens with zero attached hydrogens (tertiary/aromatic N) is 2. The standard InChI is InChI=1S/C31H35FN4O5S/c1-16-8-21-20-6-4-18-9-22(36-19-5-7-25(32)34-13-19)17(12-33)10-29(18,2)26(20)24(37)11-30(21,3)31(16,28(39)42)41-27(38)23-14-40-15-35-23/h5,7,9,12-16,20-21,24,26,33,36-37H,4,6,8,10-11H2,1-3H3,(H,39,42)/p+1/t16-,20+,21?,24+,26?,29+,30+,31+/m1/s1. The highest BCUT2D eigenvalue weighted by molar-refractivity contribution is 7.96. The van der Waals surface area contributed by atoms with Crippen molar-refractivity contribution in [2.75, 3.05) is 0 Å². The Balaban J connectivity index is 1.34. The number of fused-ring (bicyclic) bond motifs is 5. The number of nitrogens with one attached hydrogen (secondary N) is 1. The fraction of sp³-hybridized carbons (Fsp3) is 0.516. The van der Waals surface area contributed by atoms with Crippen LogP contribution >= 0.6 is 12.6 Å². The summed E-state index contributed by atoms with van der Waals surface area (Å²) in [6.45, 7) is 6.07. The molecule has 0 aliphatic heterocycles. The van der Waals surface area contributed by atoms with Crippen molar-refractivity contribution < 1.29 is 33.6 Å². The number of carbonyl (C=O) groups is 2. The van der Waals surface area contributed by atoms with Crippen LogP contribution in [-0.4, -0.2) is 44.1 Å². The summed E-state index contributed by atoms with van der Waals surface area (Å²) >= 11 is 4.29. The molecule has 0 aromatic carbocycles. The molecule has 2 aromatic heterocycles. The van der Waals surface area contributed by atoms with Crippen LogP contribution in [0, 0.1) is 45.9 Å². The first-order chi connectivity index (χ1) is 19.9. The van der Waals surface area contributed by atoms with Crippen molar-refractivity contribution in [3.05, 3.63) is 65.5 Å². The van der Waals surface area contributed by atoms with Crippen LogP contribution in [0.1, 0.15) is 63.4 Å². The van der Waals surface area contributed by atoms with E-state index in [0.717, 1.165) is 36.2 Å². The molecule has 3 fully saturated rings. The third kappa shape index (κ3) is 4.15. The lowest BCUT2D eigenvalue weighted by molar-refractivity contribution is -0.513. The summed E-state index contributed by atoms with van der Waals surface area (Å²) < 4.78 is 24.4. The van der Waals surface area contributed by atoms with Gasteiger partial charge in [-0.15, -0.1) is 12.6 Å². The van der Waals surface area contributed by atoms with Gasteiger partial charge in [0.1, 0.15) is 12.0 Å². The second kappa shape index (κ2) is 10.2. The summed E-state index contributed by atoms with van der Waals surface area (Å²) in [4.78, 5) is 34.2. The number of rotatable bonds is 6. The molecule has 11 heteroatoms. The van der Waals surface area contributed by atoms with Crippen LogP contribution in [0.3, 0.4) is 0 Å². The van der Waals surface area contributed by atoms with Gasteiger partial charge in [-0.05, 0) is 67.4 Å². The average Bonchev–Trinajstić information content (AvgIpc) is 3.56. The van der Waals surface area contributed by atoms with Crippen molar-refractivity contribution in [3.8, 4) is 0 Å². The number of allylic oxidation sites excluding steroid dienone is 3.